The molecule has 0 atom stereocenters. The fourth-order valence-electron chi connectivity index (χ4n) is 1.33. The summed E-state index contributed by atoms with van der Waals surface area (Å²) in [5, 5.41) is 0. The molecule has 1 aromatic rings. The molecule has 0 spiro atoms. The topological polar surface area (TPSA) is 9.23 Å². The van der Waals surface area contributed by atoms with Gasteiger partial charge in [0.2, 0.25) is 0 Å². The zero-order valence-corrected chi connectivity index (χ0v) is 8.77. The maximum atomic E-state index is 5.25. The van der Waals surface area contributed by atoms with Gasteiger partial charge in [-0.25, -0.2) is 0 Å². The summed E-state index contributed by atoms with van der Waals surface area (Å²) in [6.45, 7) is 0. The van der Waals surface area contributed by atoms with Crippen LogP contribution in [0.25, 0.3) is 0 Å². The van der Waals surface area contributed by atoms with E-state index in [0.29, 0.717) is 0 Å². The van der Waals surface area contributed by atoms with Crippen molar-refractivity contribution in [1.29, 1.82) is 0 Å². The van der Waals surface area contributed by atoms with E-state index in [-0.39, 0.29) is 0 Å². The van der Waals surface area contributed by atoms with Gasteiger partial charge in [-0.1, -0.05) is 30.8 Å². The second kappa shape index (κ2) is 5.92. The minimum absolute atomic E-state index is 0.856. The first-order valence-electron chi connectivity index (χ1n) is 4.58. The van der Waals surface area contributed by atoms with Crippen LogP contribution in [-0.4, -0.2) is 12.9 Å². The Hall–Kier alpha value is -0.630. The molecule has 2 heteroatoms. The second-order valence-corrected chi connectivity index (χ2v) is 3.38. The van der Waals surface area contributed by atoms with Crippen LogP contribution in [0.5, 0.6) is 5.75 Å². The van der Waals surface area contributed by atoms with E-state index >= 15 is 0 Å². The van der Waals surface area contributed by atoms with Gasteiger partial charge in [0, 0.05) is 5.75 Å². The number of benzene rings is 1. The molecule has 1 aromatic carbocycles. The van der Waals surface area contributed by atoms with Crippen molar-refractivity contribution in [3.05, 3.63) is 29.8 Å². The molecular formula is C11H15OS. The van der Waals surface area contributed by atoms with Crippen molar-refractivity contribution in [2.24, 2.45) is 0 Å². The van der Waals surface area contributed by atoms with E-state index in [2.05, 4.69) is 6.07 Å². The molecule has 0 saturated heterocycles. The smallest absolute Gasteiger partial charge is 0.122 e. The average molecular weight is 195 g/mol. The molecular weight excluding hydrogens is 180 g/mol. The average Bonchev–Trinajstić information content (AvgIpc) is 2.19. The van der Waals surface area contributed by atoms with Gasteiger partial charge in [0.05, 0.1) is 7.11 Å². The molecule has 0 N–H and O–H groups in total. The molecule has 0 amide bonds. The highest BCUT2D eigenvalue weighted by Crippen LogP contribution is 2.19. The second-order valence-electron chi connectivity index (χ2n) is 2.97. The Kier molecular flexibility index (Phi) is 4.76. The van der Waals surface area contributed by atoms with Gasteiger partial charge < -0.3 is 4.74 Å². The Morgan fingerprint density at radius 3 is 2.69 bits per heavy atom. The summed E-state index contributed by atoms with van der Waals surface area (Å²) in [5.74, 6) is 1.85. The predicted octanol–water partition coefficient (Wildman–Crippen LogP) is 3.22. The molecule has 1 radical (unpaired) electrons. The van der Waals surface area contributed by atoms with Crippen LogP contribution < -0.4 is 4.74 Å². The molecule has 0 aromatic heterocycles. The summed E-state index contributed by atoms with van der Waals surface area (Å²) in [5.41, 5.74) is 1.29. The van der Waals surface area contributed by atoms with E-state index in [1.54, 1.807) is 7.11 Å². The highest BCUT2D eigenvalue weighted by atomic mass is 32.1. The quantitative estimate of drug-likeness (QED) is 0.655. The number of unbranched alkanes of at least 4 members (excludes halogenated alkanes) is 1. The third-order valence-corrected chi connectivity index (χ3v) is 2.32. The number of para-hydroxylation sites is 1. The molecule has 0 bridgehead atoms. The minimum atomic E-state index is 0.856. The fourth-order valence-corrected chi connectivity index (χ4v) is 1.53. The van der Waals surface area contributed by atoms with Crippen molar-refractivity contribution in [2.75, 3.05) is 12.9 Å². The van der Waals surface area contributed by atoms with Crippen molar-refractivity contribution in [3.8, 4) is 5.75 Å². The molecule has 1 rings (SSSR count). The summed E-state index contributed by atoms with van der Waals surface area (Å²) in [6, 6.07) is 8.16. The van der Waals surface area contributed by atoms with Crippen LogP contribution in [0.2, 0.25) is 0 Å². The first-order chi connectivity index (χ1) is 6.38. The zero-order valence-electron chi connectivity index (χ0n) is 7.95. The number of ether oxygens (including phenoxy) is 1. The lowest BCUT2D eigenvalue weighted by molar-refractivity contribution is 0.409. The van der Waals surface area contributed by atoms with Crippen LogP contribution in [0.1, 0.15) is 18.4 Å². The number of methoxy groups -OCH3 is 1. The predicted molar refractivity (Wildman–Crippen MR) is 58.4 cm³/mol. The molecule has 0 heterocycles. The van der Waals surface area contributed by atoms with Gasteiger partial charge in [0.1, 0.15) is 5.75 Å². The summed E-state index contributed by atoms with van der Waals surface area (Å²) in [4.78, 5) is 0. The fraction of sp³-hybridized carbons (Fsp3) is 0.455. The monoisotopic (exact) mass is 195 g/mol. The SMILES string of the molecule is COc1ccccc1CCCC[S]. The van der Waals surface area contributed by atoms with Crippen molar-refractivity contribution in [3.63, 3.8) is 0 Å². The molecule has 1 nitrogen and oxygen atoms in total. The molecule has 0 aliphatic carbocycles. The largest absolute Gasteiger partial charge is 0.496 e. The van der Waals surface area contributed by atoms with Crippen LogP contribution in [-0.2, 0) is 6.42 Å². The summed E-state index contributed by atoms with van der Waals surface area (Å²) >= 11 is 4.90. The third kappa shape index (κ3) is 3.31. The van der Waals surface area contributed by atoms with Crippen molar-refractivity contribution in [2.45, 2.75) is 19.3 Å². The zero-order chi connectivity index (χ0) is 9.52. The van der Waals surface area contributed by atoms with Crippen molar-refractivity contribution in [1.82, 2.24) is 0 Å². The Bertz CT molecular complexity index is 248. The van der Waals surface area contributed by atoms with Gasteiger partial charge in [-0.15, -0.1) is 0 Å². The van der Waals surface area contributed by atoms with Crippen LogP contribution >= 0.6 is 12.6 Å². The van der Waals surface area contributed by atoms with Crippen LogP contribution in [0.15, 0.2) is 24.3 Å². The van der Waals surface area contributed by atoms with E-state index in [9.17, 15) is 0 Å². The Morgan fingerprint density at radius 2 is 2.00 bits per heavy atom. The maximum absolute atomic E-state index is 5.25. The summed E-state index contributed by atoms with van der Waals surface area (Å²) in [6.07, 6.45) is 3.35. The molecule has 0 saturated carbocycles. The Morgan fingerprint density at radius 1 is 1.23 bits per heavy atom. The summed E-state index contributed by atoms with van der Waals surface area (Å²) in [7, 11) is 1.71. The van der Waals surface area contributed by atoms with Gasteiger partial charge in [-0.05, 0) is 30.9 Å². The lowest BCUT2D eigenvalue weighted by Crippen LogP contribution is -1.92. The van der Waals surface area contributed by atoms with Gasteiger partial charge in [-0.2, -0.15) is 0 Å². The van der Waals surface area contributed by atoms with Crippen LogP contribution in [0.4, 0.5) is 0 Å². The molecule has 13 heavy (non-hydrogen) atoms. The maximum Gasteiger partial charge on any atom is 0.122 e. The van der Waals surface area contributed by atoms with E-state index in [0.717, 1.165) is 30.8 Å². The molecule has 0 unspecified atom stereocenters. The highest BCUT2D eigenvalue weighted by Gasteiger charge is 1.99. The minimum Gasteiger partial charge on any atom is -0.496 e. The van der Waals surface area contributed by atoms with Gasteiger partial charge in [0.25, 0.3) is 0 Å². The first kappa shape index (κ1) is 10.5. The number of rotatable bonds is 5. The van der Waals surface area contributed by atoms with Crippen LogP contribution in [0, 0.1) is 0 Å². The van der Waals surface area contributed by atoms with Gasteiger partial charge >= 0.3 is 0 Å². The third-order valence-electron chi connectivity index (χ3n) is 2.03. The lowest BCUT2D eigenvalue weighted by atomic mass is 10.1. The normalized spacial score (nSPS) is 10.0. The van der Waals surface area contributed by atoms with Gasteiger partial charge in [0.15, 0.2) is 0 Å². The Labute approximate surface area is 85.5 Å². The number of aryl methyl sites for hydroxylation is 1. The van der Waals surface area contributed by atoms with Crippen molar-refractivity contribution < 1.29 is 4.74 Å². The molecule has 0 aliphatic rings. The molecule has 0 aliphatic heterocycles. The molecule has 71 valence electrons. The standard InChI is InChI=1S/C11H15OS/c1-12-11-8-3-2-6-10(11)7-4-5-9-13/h2-3,6,8H,4-5,7,9H2,1H3. The number of hydrogen-bond acceptors (Lipinski definition) is 1. The first-order valence-corrected chi connectivity index (χ1v) is 5.16. The number of hydrogen-bond donors (Lipinski definition) is 0. The van der Waals surface area contributed by atoms with E-state index < -0.39 is 0 Å². The van der Waals surface area contributed by atoms with E-state index in [1.807, 2.05) is 18.2 Å². The molecule has 0 fully saturated rings. The lowest BCUT2D eigenvalue weighted by Gasteiger charge is -2.06. The van der Waals surface area contributed by atoms with Crippen molar-refractivity contribution >= 4 is 12.6 Å². The van der Waals surface area contributed by atoms with E-state index in [1.165, 1.54) is 5.56 Å². The summed E-state index contributed by atoms with van der Waals surface area (Å²) < 4.78 is 5.25. The van der Waals surface area contributed by atoms with E-state index in [4.69, 9.17) is 17.4 Å². The Balaban J connectivity index is 2.54. The van der Waals surface area contributed by atoms with Gasteiger partial charge in [-0.3, -0.25) is 0 Å². The highest BCUT2D eigenvalue weighted by molar-refractivity contribution is 7.80. The van der Waals surface area contributed by atoms with Crippen LogP contribution in [0.3, 0.4) is 0 Å².